The number of hydrogen-bond donors (Lipinski definition) is 1. The maximum atomic E-state index is 13.1. The van der Waals surface area contributed by atoms with Gasteiger partial charge in [0.2, 0.25) is 0 Å². The van der Waals surface area contributed by atoms with Crippen LogP contribution in [0.3, 0.4) is 0 Å². The quantitative estimate of drug-likeness (QED) is 0.679. The second-order valence-electron chi connectivity index (χ2n) is 8.07. The Kier molecular flexibility index (Phi) is 4.91. The zero-order chi connectivity index (χ0) is 21.6. The van der Waals surface area contributed by atoms with Crippen LogP contribution in [0.2, 0.25) is 0 Å². The van der Waals surface area contributed by atoms with Crippen molar-refractivity contribution >= 4 is 33.4 Å². The third-order valence-electron chi connectivity index (χ3n) is 6.07. The average molecular weight is 438 g/mol. The highest BCUT2D eigenvalue weighted by atomic mass is 32.1. The molecule has 7 nitrogen and oxygen atoms in total. The van der Waals surface area contributed by atoms with E-state index in [1.807, 2.05) is 35.8 Å². The molecule has 3 aromatic rings. The maximum Gasteiger partial charge on any atom is 0.257 e. The number of fused-ring (bicyclic) bond motifs is 1. The number of benzene rings is 2. The van der Waals surface area contributed by atoms with E-state index in [4.69, 9.17) is 4.74 Å². The Labute approximate surface area is 183 Å². The van der Waals surface area contributed by atoms with E-state index in [-0.39, 0.29) is 11.8 Å². The second-order valence-corrected chi connectivity index (χ2v) is 8.95. The van der Waals surface area contributed by atoms with Crippen molar-refractivity contribution in [3.63, 3.8) is 0 Å². The molecule has 0 atom stereocenters. The molecule has 1 aromatic heterocycles. The predicted molar refractivity (Wildman–Crippen MR) is 118 cm³/mol. The standard InChI is InChI=1S/C23H23N3O4S/c1-30-19-13-16(15-3-5-20-18(12-15)24-14-31-20)2-4-17(19)21(27)25-8-10-26(11-9-25)22(28)23(29)6-7-23/h2-5,12-14,29H,6-11H2,1H3. The molecule has 1 N–H and O–H groups in total. The second kappa shape index (κ2) is 7.62. The van der Waals surface area contributed by atoms with E-state index in [9.17, 15) is 14.7 Å². The fourth-order valence-electron chi connectivity index (χ4n) is 3.99. The summed E-state index contributed by atoms with van der Waals surface area (Å²) < 4.78 is 6.68. The van der Waals surface area contributed by atoms with Crippen molar-refractivity contribution in [3.05, 3.63) is 47.5 Å². The largest absolute Gasteiger partial charge is 0.496 e. The molecule has 2 amide bonds. The Bertz CT molecular complexity index is 1160. The van der Waals surface area contributed by atoms with Crippen molar-refractivity contribution in [1.29, 1.82) is 0 Å². The zero-order valence-electron chi connectivity index (χ0n) is 17.2. The smallest absolute Gasteiger partial charge is 0.257 e. The number of thiazole rings is 1. The highest BCUT2D eigenvalue weighted by Gasteiger charge is 2.50. The lowest BCUT2D eigenvalue weighted by Gasteiger charge is -2.36. The van der Waals surface area contributed by atoms with Crippen molar-refractivity contribution in [2.75, 3.05) is 33.3 Å². The summed E-state index contributed by atoms with van der Waals surface area (Å²) in [5, 5.41) is 10.0. The van der Waals surface area contributed by atoms with E-state index in [0.29, 0.717) is 50.3 Å². The van der Waals surface area contributed by atoms with E-state index in [2.05, 4.69) is 4.98 Å². The molecule has 31 heavy (non-hydrogen) atoms. The first kappa shape index (κ1) is 20.0. The summed E-state index contributed by atoms with van der Waals surface area (Å²) in [6.45, 7) is 1.74. The van der Waals surface area contributed by atoms with Gasteiger partial charge in [-0.1, -0.05) is 12.1 Å². The summed E-state index contributed by atoms with van der Waals surface area (Å²) in [5.41, 5.74) is 4.09. The number of carbonyl (C=O) groups is 2. The van der Waals surface area contributed by atoms with Crippen LogP contribution in [-0.4, -0.2) is 70.6 Å². The molecule has 2 aromatic carbocycles. The van der Waals surface area contributed by atoms with Gasteiger partial charge >= 0.3 is 0 Å². The van der Waals surface area contributed by atoms with E-state index in [1.54, 1.807) is 34.3 Å². The molecule has 5 rings (SSSR count). The number of piperazine rings is 1. The van der Waals surface area contributed by atoms with E-state index >= 15 is 0 Å². The van der Waals surface area contributed by atoms with Crippen LogP contribution >= 0.6 is 11.3 Å². The van der Waals surface area contributed by atoms with Gasteiger partial charge in [0.1, 0.15) is 11.4 Å². The molecule has 0 spiro atoms. The molecule has 1 aliphatic heterocycles. The molecule has 2 aliphatic rings. The molecular formula is C23H23N3O4S. The van der Waals surface area contributed by atoms with E-state index in [1.165, 1.54) is 0 Å². The average Bonchev–Trinajstić information content (AvgIpc) is 3.39. The Hall–Kier alpha value is -2.97. The topological polar surface area (TPSA) is 83.0 Å². The molecule has 0 unspecified atom stereocenters. The summed E-state index contributed by atoms with van der Waals surface area (Å²) in [5.74, 6) is 0.195. The van der Waals surface area contributed by atoms with Gasteiger partial charge in [-0.05, 0) is 48.2 Å². The highest BCUT2D eigenvalue weighted by molar-refractivity contribution is 7.16. The lowest BCUT2D eigenvalue weighted by Crippen LogP contribution is -2.53. The molecule has 2 fully saturated rings. The van der Waals surface area contributed by atoms with Gasteiger partial charge in [-0.2, -0.15) is 0 Å². The van der Waals surface area contributed by atoms with Crippen molar-refractivity contribution < 1.29 is 19.4 Å². The molecule has 1 saturated carbocycles. The Balaban J connectivity index is 1.33. The van der Waals surface area contributed by atoms with Gasteiger partial charge in [0.25, 0.3) is 11.8 Å². The fraction of sp³-hybridized carbons (Fsp3) is 0.348. The highest BCUT2D eigenvalue weighted by Crippen LogP contribution is 2.37. The van der Waals surface area contributed by atoms with Crippen molar-refractivity contribution in [2.24, 2.45) is 0 Å². The molecule has 160 valence electrons. The summed E-state index contributed by atoms with van der Waals surface area (Å²) in [7, 11) is 1.56. The summed E-state index contributed by atoms with van der Waals surface area (Å²) >= 11 is 1.60. The maximum absolute atomic E-state index is 13.1. The molecule has 1 aliphatic carbocycles. The Morgan fingerprint density at radius 2 is 1.71 bits per heavy atom. The first-order chi connectivity index (χ1) is 15.0. The van der Waals surface area contributed by atoms with Crippen LogP contribution in [0.5, 0.6) is 5.75 Å². The molecule has 0 bridgehead atoms. The minimum Gasteiger partial charge on any atom is -0.496 e. The monoisotopic (exact) mass is 437 g/mol. The van der Waals surface area contributed by atoms with Gasteiger partial charge in [0, 0.05) is 26.2 Å². The van der Waals surface area contributed by atoms with Crippen molar-refractivity contribution in [2.45, 2.75) is 18.4 Å². The number of methoxy groups -OCH3 is 1. The first-order valence-electron chi connectivity index (χ1n) is 10.3. The van der Waals surface area contributed by atoms with Crippen LogP contribution in [0, 0.1) is 0 Å². The van der Waals surface area contributed by atoms with Crippen LogP contribution in [-0.2, 0) is 4.79 Å². The van der Waals surface area contributed by atoms with Crippen LogP contribution in [0.25, 0.3) is 21.3 Å². The van der Waals surface area contributed by atoms with Crippen molar-refractivity contribution in [1.82, 2.24) is 14.8 Å². The lowest BCUT2D eigenvalue weighted by molar-refractivity contribution is -0.143. The number of amides is 2. The lowest BCUT2D eigenvalue weighted by atomic mass is 10.0. The van der Waals surface area contributed by atoms with E-state index in [0.717, 1.165) is 21.3 Å². The number of ether oxygens (including phenoxy) is 1. The first-order valence-corrected chi connectivity index (χ1v) is 11.2. The Morgan fingerprint density at radius 3 is 2.42 bits per heavy atom. The van der Waals surface area contributed by atoms with Crippen molar-refractivity contribution in [3.8, 4) is 16.9 Å². The normalized spacial score (nSPS) is 17.6. The number of nitrogens with zero attached hydrogens (tertiary/aromatic N) is 3. The summed E-state index contributed by atoms with van der Waals surface area (Å²) in [4.78, 5) is 33.2. The van der Waals surface area contributed by atoms with Crippen LogP contribution in [0.1, 0.15) is 23.2 Å². The molecule has 0 radical (unpaired) electrons. The minimum absolute atomic E-state index is 0.115. The van der Waals surface area contributed by atoms with Gasteiger partial charge in [-0.15, -0.1) is 11.3 Å². The number of rotatable bonds is 4. The third-order valence-corrected chi connectivity index (χ3v) is 6.88. The van der Waals surface area contributed by atoms with Gasteiger partial charge in [0.15, 0.2) is 0 Å². The molecule has 2 heterocycles. The SMILES string of the molecule is COc1cc(-c2ccc3scnc3c2)ccc1C(=O)N1CCN(C(=O)C2(O)CC2)CC1. The molecular weight excluding hydrogens is 414 g/mol. The van der Waals surface area contributed by atoms with Crippen LogP contribution in [0.15, 0.2) is 41.9 Å². The number of aliphatic hydroxyl groups is 1. The fourth-order valence-corrected chi connectivity index (χ4v) is 4.65. The van der Waals surface area contributed by atoms with Gasteiger partial charge < -0.3 is 19.6 Å². The van der Waals surface area contributed by atoms with Gasteiger partial charge in [0.05, 0.1) is 28.4 Å². The van der Waals surface area contributed by atoms with Crippen LogP contribution in [0.4, 0.5) is 0 Å². The Morgan fingerprint density at radius 1 is 1.03 bits per heavy atom. The minimum atomic E-state index is -1.16. The van der Waals surface area contributed by atoms with Gasteiger partial charge in [-0.3, -0.25) is 9.59 Å². The van der Waals surface area contributed by atoms with Crippen LogP contribution < -0.4 is 4.74 Å². The predicted octanol–water partition coefficient (Wildman–Crippen LogP) is 2.78. The summed E-state index contributed by atoms with van der Waals surface area (Å²) in [6.07, 6.45) is 1.06. The van der Waals surface area contributed by atoms with Gasteiger partial charge in [-0.25, -0.2) is 4.98 Å². The van der Waals surface area contributed by atoms with E-state index < -0.39 is 5.60 Å². The molecule has 1 saturated heterocycles. The molecule has 8 heteroatoms. The number of carbonyl (C=O) groups excluding carboxylic acids is 2. The zero-order valence-corrected chi connectivity index (χ0v) is 18.0. The summed E-state index contributed by atoms with van der Waals surface area (Å²) in [6, 6.07) is 11.7. The third kappa shape index (κ3) is 3.66. The number of hydrogen-bond acceptors (Lipinski definition) is 6. The number of aromatic nitrogens is 1.